The first-order valence-corrected chi connectivity index (χ1v) is 5.99. The topological polar surface area (TPSA) is 97.9 Å². The highest BCUT2D eigenvalue weighted by atomic mass is 16.5. The number of nitrogens with one attached hydrogen (secondary N) is 1. The van der Waals surface area contributed by atoms with Crippen molar-refractivity contribution in [1.82, 2.24) is 5.43 Å². The summed E-state index contributed by atoms with van der Waals surface area (Å²) in [5.41, 5.74) is 3.14. The van der Waals surface area contributed by atoms with Crippen LogP contribution in [0.5, 0.6) is 11.5 Å². The lowest BCUT2D eigenvalue weighted by Crippen LogP contribution is -2.28. The first-order chi connectivity index (χ1) is 10.1. The molecule has 0 bridgehead atoms. The standard InChI is InChI=1S/C14H13N3O4/c1-21-13-7-10(4-5-12(13)18)8-15-16-14(19)11-3-2-6-17(20)9-11/h2-9,18H,1H3,(H,16,19)/b15-8+. The Morgan fingerprint density at radius 1 is 1.48 bits per heavy atom. The van der Waals surface area contributed by atoms with Crippen LogP contribution in [0.3, 0.4) is 0 Å². The Morgan fingerprint density at radius 3 is 3.00 bits per heavy atom. The summed E-state index contributed by atoms with van der Waals surface area (Å²) in [6.07, 6.45) is 3.82. The van der Waals surface area contributed by atoms with E-state index in [1.54, 1.807) is 12.1 Å². The van der Waals surface area contributed by atoms with Gasteiger partial charge in [0.05, 0.1) is 13.3 Å². The van der Waals surface area contributed by atoms with E-state index in [-0.39, 0.29) is 11.3 Å². The predicted molar refractivity (Wildman–Crippen MR) is 75.1 cm³/mol. The summed E-state index contributed by atoms with van der Waals surface area (Å²) in [6.45, 7) is 0. The van der Waals surface area contributed by atoms with Crippen LogP contribution < -0.4 is 14.9 Å². The second-order valence-electron chi connectivity index (χ2n) is 4.08. The summed E-state index contributed by atoms with van der Waals surface area (Å²) in [4.78, 5) is 11.7. The van der Waals surface area contributed by atoms with Gasteiger partial charge in [0.1, 0.15) is 5.56 Å². The molecule has 21 heavy (non-hydrogen) atoms. The zero-order valence-electron chi connectivity index (χ0n) is 11.2. The fraction of sp³-hybridized carbons (Fsp3) is 0.0714. The molecular weight excluding hydrogens is 274 g/mol. The first kappa shape index (κ1) is 14.3. The number of hydrogen-bond donors (Lipinski definition) is 2. The number of benzene rings is 1. The molecular formula is C14H13N3O4. The van der Waals surface area contributed by atoms with Crippen molar-refractivity contribution < 1.29 is 19.4 Å². The largest absolute Gasteiger partial charge is 0.619 e. The van der Waals surface area contributed by atoms with Crippen molar-refractivity contribution in [3.63, 3.8) is 0 Å². The highest BCUT2D eigenvalue weighted by molar-refractivity contribution is 5.94. The number of rotatable bonds is 4. The molecule has 0 radical (unpaired) electrons. The molecule has 0 fully saturated rings. The van der Waals surface area contributed by atoms with Crippen LogP contribution in [-0.2, 0) is 0 Å². The van der Waals surface area contributed by atoms with E-state index in [1.165, 1.54) is 37.7 Å². The average Bonchev–Trinajstić information content (AvgIpc) is 2.48. The number of ether oxygens (including phenoxy) is 1. The number of phenols is 1. The molecule has 1 heterocycles. The zero-order chi connectivity index (χ0) is 15.2. The molecule has 0 aliphatic heterocycles. The molecule has 0 spiro atoms. The van der Waals surface area contributed by atoms with Crippen molar-refractivity contribution in [3.8, 4) is 11.5 Å². The Morgan fingerprint density at radius 2 is 2.29 bits per heavy atom. The summed E-state index contributed by atoms with van der Waals surface area (Å²) in [5.74, 6) is -0.175. The third-order valence-corrected chi connectivity index (χ3v) is 2.62. The minimum atomic E-state index is -0.498. The molecule has 108 valence electrons. The highest BCUT2D eigenvalue weighted by Gasteiger charge is 2.07. The molecule has 7 heteroatoms. The first-order valence-electron chi connectivity index (χ1n) is 5.99. The molecule has 2 aromatic rings. The molecule has 0 atom stereocenters. The van der Waals surface area contributed by atoms with Crippen LogP contribution in [0.15, 0.2) is 47.8 Å². The molecule has 1 aromatic heterocycles. The normalized spacial score (nSPS) is 10.5. The molecule has 0 aliphatic carbocycles. The number of carbonyl (C=O) groups is 1. The number of methoxy groups -OCH3 is 1. The minimum Gasteiger partial charge on any atom is -0.619 e. The minimum absolute atomic E-state index is 0.0166. The number of carbonyl (C=O) groups excluding carboxylic acids is 1. The van der Waals surface area contributed by atoms with Crippen molar-refractivity contribution in [2.45, 2.75) is 0 Å². The van der Waals surface area contributed by atoms with E-state index in [1.807, 2.05) is 0 Å². The van der Waals surface area contributed by atoms with E-state index in [4.69, 9.17) is 4.74 Å². The van der Waals surface area contributed by atoms with Crippen molar-refractivity contribution in [2.75, 3.05) is 7.11 Å². The Labute approximate surface area is 120 Å². The summed E-state index contributed by atoms with van der Waals surface area (Å²) in [5, 5.41) is 24.3. The fourth-order valence-corrected chi connectivity index (χ4v) is 1.59. The number of hydrazone groups is 1. The second kappa shape index (κ2) is 6.38. The van der Waals surface area contributed by atoms with Crippen LogP contribution in [-0.4, -0.2) is 24.3 Å². The number of aromatic nitrogens is 1. The lowest BCUT2D eigenvalue weighted by Gasteiger charge is -2.03. The maximum Gasteiger partial charge on any atom is 0.277 e. The third kappa shape index (κ3) is 3.69. The van der Waals surface area contributed by atoms with Gasteiger partial charge in [-0.15, -0.1) is 0 Å². The third-order valence-electron chi connectivity index (χ3n) is 2.62. The van der Waals surface area contributed by atoms with Gasteiger partial charge in [0.2, 0.25) is 0 Å². The molecule has 7 nitrogen and oxygen atoms in total. The number of pyridine rings is 1. The van der Waals surface area contributed by atoms with Crippen LogP contribution in [0.4, 0.5) is 0 Å². The molecule has 0 saturated heterocycles. The van der Waals surface area contributed by atoms with Gasteiger partial charge in [0.15, 0.2) is 23.9 Å². The van der Waals surface area contributed by atoms with Crippen LogP contribution >= 0.6 is 0 Å². The van der Waals surface area contributed by atoms with Crippen LogP contribution in [0, 0.1) is 5.21 Å². The Hall–Kier alpha value is -3.09. The van der Waals surface area contributed by atoms with Gasteiger partial charge in [-0.05, 0) is 29.8 Å². The number of phenolic OH excluding ortho intramolecular Hbond substituents is 1. The predicted octanol–water partition coefficient (Wildman–Crippen LogP) is 0.798. The quantitative estimate of drug-likeness (QED) is 0.376. The van der Waals surface area contributed by atoms with Gasteiger partial charge in [-0.1, -0.05) is 0 Å². The zero-order valence-corrected chi connectivity index (χ0v) is 11.2. The van der Waals surface area contributed by atoms with Gasteiger partial charge in [-0.25, -0.2) is 5.43 Å². The maximum atomic E-state index is 11.7. The Bertz CT molecular complexity index is 686. The van der Waals surface area contributed by atoms with Gasteiger partial charge in [0, 0.05) is 6.07 Å². The van der Waals surface area contributed by atoms with E-state index in [9.17, 15) is 15.1 Å². The SMILES string of the molecule is COc1cc(/C=N/NC(=O)c2ccc[n+]([O-])c2)ccc1O. The number of nitrogens with zero attached hydrogens (tertiary/aromatic N) is 2. The molecule has 1 amide bonds. The van der Waals surface area contributed by atoms with Crippen molar-refractivity contribution >= 4 is 12.1 Å². The average molecular weight is 287 g/mol. The molecule has 2 rings (SSSR count). The Kier molecular flexibility index (Phi) is 4.35. The maximum absolute atomic E-state index is 11.7. The van der Waals surface area contributed by atoms with Gasteiger partial charge < -0.3 is 15.1 Å². The van der Waals surface area contributed by atoms with Gasteiger partial charge >= 0.3 is 0 Å². The van der Waals surface area contributed by atoms with E-state index in [0.717, 1.165) is 6.20 Å². The van der Waals surface area contributed by atoms with Gasteiger partial charge in [0.25, 0.3) is 5.91 Å². The smallest absolute Gasteiger partial charge is 0.277 e. The molecule has 0 unspecified atom stereocenters. The summed E-state index contributed by atoms with van der Waals surface area (Å²) in [7, 11) is 1.44. The summed E-state index contributed by atoms with van der Waals surface area (Å²) < 4.78 is 5.49. The number of hydrogen-bond acceptors (Lipinski definition) is 5. The molecule has 0 aliphatic rings. The number of aromatic hydroxyl groups is 1. The van der Waals surface area contributed by atoms with Gasteiger partial charge in [-0.3, -0.25) is 4.79 Å². The molecule has 2 N–H and O–H groups in total. The monoisotopic (exact) mass is 287 g/mol. The highest BCUT2D eigenvalue weighted by Crippen LogP contribution is 2.25. The summed E-state index contributed by atoms with van der Waals surface area (Å²) in [6, 6.07) is 7.61. The lowest BCUT2D eigenvalue weighted by atomic mass is 10.2. The Balaban J connectivity index is 2.04. The van der Waals surface area contributed by atoms with E-state index in [0.29, 0.717) is 16.0 Å². The van der Waals surface area contributed by atoms with E-state index < -0.39 is 5.91 Å². The summed E-state index contributed by atoms with van der Waals surface area (Å²) >= 11 is 0. The van der Waals surface area contributed by atoms with Crippen molar-refractivity contribution in [1.29, 1.82) is 0 Å². The van der Waals surface area contributed by atoms with Crippen LogP contribution in [0.1, 0.15) is 15.9 Å². The molecule has 0 saturated carbocycles. The molecule has 1 aromatic carbocycles. The van der Waals surface area contributed by atoms with Crippen LogP contribution in [0.25, 0.3) is 0 Å². The van der Waals surface area contributed by atoms with Gasteiger partial charge in [-0.2, -0.15) is 9.83 Å². The van der Waals surface area contributed by atoms with E-state index >= 15 is 0 Å². The lowest BCUT2D eigenvalue weighted by molar-refractivity contribution is -0.605. The van der Waals surface area contributed by atoms with Crippen LogP contribution in [0.2, 0.25) is 0 Å². The van der Waals surface area contributed by atoms with Crippen molar-refractivity contribution in [2.24, 2.45) is 5.10 Å². The fourth-order valence-electron chi connectivity index (χ4n) is 1.59. The van der Waals surface area contributed by atoms with Crippen molar-refractivity contribution in [3.05, 3.63) is 59.1 Å². The number of amides is 1. The van der Waals surface area contributed by atoms with E-state index in [2.05, 4.69) is 10.5 Å². The second-order valence-corrected chi connectivity index (χ2v) is 4.08.